The van der Waals surface area contributed by atoms with Crippen LogP contribution in [0.25, 0.3) is 0 Å². The zero-order valence-electron chi connectivity index (χ0n) is 21.0. The van der Waals surface area contributed by atoms with E-state index >= 15 is 0 Å². The molecule has 35 heavy (non-hydrogen) atoms. The molecule has 0 N–H and O–H groups in total. The van der Waals surface area contributed by atoms with E-state index in [4.69, 9.17) is 9.47 Å². The number of carbonyl (C=O) groups excluding carboxylic acids is 1. The second kappa shape index (κ2) is 11.4. The third kappa shape index (κ3) is 5.92. The van der Waals surface area contributed by atoms with Crippen molar-refractivity contribution in [3.8, 4) is 5.75 Å². The minimum atomic E-state index is -0.506. The highest BCUT2D eigenvalue weighted by atomic mass is 32.2. The van der Waals surface area contributed by atoms with Gasteiger partial charge in [-0.15, -0.1) is 11.8 Å². The van der Waals surface area contributed by atoms with Crippen LogP contribution in [0.2, 0.25) is 0 Å². The average Bonchev–Trinajstić information content (AvgIpc) is 3.66. The number of likely N-dealkylation sites (N-methyl/N-ethyl adjacent to an activating group) is 1. The monoisotopic (exact) mass is 518 g/mol. The molecule has 0 spiro atoms. The van der Waals surface area contributed by atoms with Crippen molar-refractivity contribution in [2.75, 3.05) is 38.0 Å². The van der Waals surface area contributed by atoms with E-state index in [1.807, 2.05) is 25.3 Å². The lowest BCUT2D eigenvalue weighted by atomic mass is 10.1. The van der Waals surface area contributed by atoms with Crippen LogP contribution in [0.15, 0.2) is 46.2 Å². The van der Waals surface area contributed by atoms with Gasteiger partial charge in [0.15, 0.2) is 0 Å². The van der Waals surface area contributed by atoms with E-state index in [0.29, 0.717) is 19.3 Å². The number of thioether (sulfide) groups is 1. The Morgan fingerprint density at radius 2 is 1.97 bits per heavy atom. The van der Waals surface area contributed by atoms with Gasteiger partial charge in [-0.1, -0.05) is 19.8 Å². The average molecular weight is 519 g/mol. The molecule has 1 unspecified atom stereocenters. The predicted molar refractivity (Wildman–Crippen MR) is 142 cm³/mol. The minimum Gasteiger partial charge on any atom is -0.491 e. The molecule has 8 heteroatoms. The van der Waals surface area contributed by atoms with Crippen LogP contribution in [-0.4, -0.2) is 49.4 Å². The molecule has 0 amide bonds. The molecule has 190 valence electrons. The highest BCUT2D eigenvalue weighted by molar-refractivity contribution is 7.98. The summed E-state index contributed by atoms with van der Waals surface area (Å²) in [4.78, 5) is 16.8. The van der Waals surface area contributed by atoms with Gasteiger partial charge in [0, 0.05) is 18.3 Å². The van der Waals surface area contributed by atoms with E-state index in [0.717, 1.165) is 65.6 Å². The maximum Gasteiger partial charge on any atom is 0.315 e. The summed E-state index contributed by atoms with van der Waals surface area (Å²) in [5, 5.41) is 0. The summed E-state index contributed by atoms with van der Waals surface area (Å²) in [6.07, 6.45) is 7.04. The van der Waals surface area contributed by atoms with Crippen molar-refractivity contribution in [1.29, 1.82) is 0 Å². The minimum absolute atomic E-state index is 0.157. The van der Waals surface area contributed by atoms with Crippen LogP contribution in [0.5, 0.6) is 5.75 Å². The van der Waals surface area contributed by atoms with Gasteiger partial charge in [0.05, 0.1) is 22.1 Å². The Morgan fingerprint density at radius 3 is 2.60 bits per heavy atom. The second-order valence-electron chi connectivity index (χ2n) is 9.28. The summed E-state index contributed by atoms with van der Waals surface area (Å²) >= 11 is 3.36. The molecule has 5 nitrogen and oxygen atoms in total. The third-order valence-electron chi connectivity index (χ3n) is 6.78. The fraction of sp³-hybridized carbons (Fsp3) is 0.519. The molecule has 1 aliphatic heterocycles. The lowest BCUT2D eigenvalue weighted by Crippen LogP contribution is -2.35. The van der Waals surface area contributed by atoms with E-state index < -0.39 is 5.41 Å². The number of hydrogen-bond acceptors (Lipinski definition) is 7. The van der Waals surface area contributed by atoms with Gasteiger partial charge >= 0.3 is 5.97 Å². The van der Waals surface area contributed by atoms with Crippen LogP contribution in [0, 0.1) is 11.2 Å². The highest BCUT2D eigenvalue weighted by Crippen LogP contribution is 2.49. The Hall–Kier alpha value is -1.90. The Bertz CT molecular complexity index is 1030. The van der Waals surface area contributed by atoms with Crippen LogP contribution >= 0.6 is 23.7 Å². The molecule has 0 aromatic heterocycles. The molecule has 0 bridgehead atoms. The van der Waals surface area contributed by atoms with Crippen molar-refractivity contribution in [3.63, 3.8) is 0 Å². The van der Waals surface area contributed by atoms with Crippen LogP contribution in [0.3, 0.4) is 0 Å². The lowest BCUT2D eigenvalue weighted by molar-refractivity contribution is -0.150. The van der Waals surface area contributed by atoms with E-state index in [1.165, 1.54) is 12.1 Å². The number of esters is 1. The van der Waals surface area contributed by atoms with Gasteiger partial charge in [-0.25, -0.2) is 8.70 Å². The first-order chi connectivity index (χ1) is 16.9. The van der Waals surface area contributed by atoms with Gasteiger partial charge in [0.25, 0.3) is 0 Å². The van der Waals surface area contributed by atoms with Crippen LogP contribution in [-0.2, 0) is 9.53 Å². The quantitative estimate of drug-likeness (QED) is 0.192. The van der Waals surface area contributed by atoms with Gasteiger partial charge in [-0.3, -0.25) is 4.79 Å². The second-order valence-corrected chi connectivity index (χ2v) is 11.3. The first-order valence-electron chi connectivity index (χ1n) is 12.4. The number of hydrogen-bond donors (Lipinski definition) is 0. The molecule has 1 heterocycles. The maximum atomic E-state index is 13.7. The number of benzene rings is 2. The van der Waals surface area contributed by atoms with Crippen molar-refractivity contribution >= 4 is 41.1 Å². The standard InChI is InChI=1S/C27H35FN2O3S2/c1-5-7-8-21-17-30(20-11-9-19(28)10-12-20)22-15-25(34-4)23(16-24(22)35-29(21)3)33-18-27(13-14-27)26(31)32-6-2/h9-12,15-16,21H,5-8,13-14,17-18H2,1-4H3. The normalized spacial score (nSPS) is 19.1. The van der Waals surface area contributed by atoms with E-state index in [1.54, 1.807) is 23.7 Å². The molecule has 0 saturated heterocycles. The Balaban J connectivity index is 1.67. The molecule has 2 aromatic rings. The van der Waals surface area contributed by atoms with Gasteiger partial charge < -0.3 is 14.4 Å². The van der Waals surface area contributed by atoms with E-state index in [-0.39, 0.29) is 11.8 Å². The van der Waals surface area contributed by atoms with Crippen LogP contribution in [0.1, 0.15) is 46.0 Å². The summed E-state index contributed by atoms with van der Waals surface area (Å²) in [6.45, 7) is 5.59. The topological polar surface area (TPSA) is 42.0 Å². The first kappa shape index (κ1) is 26.2. The smallest absolute Gasteiger partial charge is 0.315 e. The molecule has 1 saturated carbocycles. The molecule has 2 aliphatic rings. The molecule has 4 rings (SSSR count). The molecule has 1 aliphatic carbocycles. The number of fused-ring (bicyclic) bond motifs is 1. The number of halogens is 1. The third-order valence-corrected chi connectivity index (χ3v) is 8.65. The van der Waals surface area contributed by atoms with E-state index in [2.05, 4.69) is 35.3 Å². The van der Waals surface area contributed by atoms with Crippen molar-refractivity contribution in [3.05, 3.63) is 42.2 Å². The Morgan fingerprint density at radius 1 is 1.23 bits per heavy atom. The van der Waals surface area contributed by atoms with Crippen molar-refractivity contribution in [2.24, 2.45) is 5.41 Å². The molecular formula is C27H35FN2O3S2. The molecule has 2 aromatic carbocycles. The van der Waals surface area contributed by atoms with Gasteiger partial charge in [-0.05, 0) is 87.8 Å². The molecule has 1 fully saturated rings. The van der Waals surface area contributed by atoms with E-state index in [9.17, 15) is 9.18 Å². The number of carbonyl (C=O) groups is 1. The number of unbranched alkanes of at least 4 members (excludes halogenated alkanes) is 1. The number of rotatable bonds is 10. The fourth-order valence-corrected chi connectivity index (χ4v) is 5.98. The summed E-state index contributed by atoms with van der Waals surface area (Å²) in [7, 11) is 2.14. The largest absolute Gasteiger partial charge is 0.491 e. The lowest BCUT2D eigenvalue weighted by Gasteiger charge is -2.30. The summed E-state index contributed by atoms with van der Waals surface area (Å²) in [5.41, 5.74) is 1.56. The fourth-order valence-electron chi connectivity index (χ4n) is 4.38. The zero-order valence-corrected chi connectivity index (χ0v) is 22.6. The van der Waals surface area contributed by atoms with Gasteiger partial charge in [0.1, 0.15) is 23.6 Å². The molecular weight excluding hydrogens is 483 g/mol. The summed E-state index contributed by atoms with van der Waals surface area (Å²) < 4.78 is 27.6. The highest BCUT2D eigenvalue weighted by Gasteiger charge is 2.52. The van der Waals surface area contributed by atoms with Crippen molar-refractivity contribution in [2.45, 2.75) is 61.8 Å². The first-order valence-corrected chi connectivity index (χ1v) is 14.4. The SMILES string of the molecule is CCCCC1CN(c2ccc(F)cc2)c2cc(SC)c(OCC3(C(=O)OCC)CC3)cc2SN1C. The van der Waals surface area contributed by atoms with Gasteiger partial charge in [0.2, 0.25) is 0 Å². The summed E-state index contributed by atoms with van der Waals surface area (Å²) in [6, 6.07) is 11.4. The number of nitrogens with zero attached hydrogens (tertiary/aromatic N) is 2. The number of anilines is 2. The predicted octanol–water partition coefficient (Wildman–Crippen LogP) is 6.92. The molecule has 1 atom stereocenters. The summed E-state index contributed by atoms with van der Waals surface area (Å²) in [5.74, 6) is 0.400. The Labute approximate surface area is 216 Å². The van der Waals surface area contributed by atoms with Crippen LogP contribution < -0.4 is 9.64 Å². The van der Waals surface area contributed by atoms with Crippen LogP contribution in [0.4, 0.5) is 15.8 Å². The number of ether oxygens (including phenoxy) is 2. The zero-order chi connectivity index (χ0) is 25.0. The van der Waals surface area contributed by atoms with Crippen molar-refractivity contribution < 1.29 is 18.7 Å². The maximum absolute atomic E-state index is 13.7. The van der Waals surface area contributed by atoms with Gasteiger partial charge in [-0.2, -0.15) is 0 Å². The Kier molecular flexibility index (Phi) is 8.55. The molecule has 0 radical (unpaired) electrons. The van der Waals surface area contributed by atoms with Crippen molar-refractivity contribution in [1.82, 2.24) is 4.31 Å².